The topological polar surface area (TPSA) is 40.8 Å². The third-order valence-corrected chi connectivity index (χ3v) is 7.58. The van der Waals surface area contributed by atoms with Crippen molar-refractivity contribution < 1.29 is 47.5 Å². The van der Waals surface area contributed by atoms with Crippen molar-refractivity contribution in [2.45, 2.75) is 32.2 Å². The molecule has 0 bridgehead atoms. The quantitative estimate of drug-likeness (QED) is 0.236. The lowest BCUT2D eigenvalue weighted by Crippen LogP contribution is -3.00. The minimum absolute atomic E-state index is 0. The fourth-order valence-corrected chi connectivity index (χ4v) is 5.65. The average molecular weight is 660 g/mol. The van der Waals surface area contributed by atoms with E-state index in [1.165, 1.54) is 33.3 Å². The first-order valence-corrected chi connectivity index (χ1v) is 12.7. The number of hydrogen-bond acceptors (Lipinski definition) is 4. The van der Waals surface area contributed by atoms with E-state index < -0.39 is 0 Å². The molecule has 36 heavy (non-hydrogen) atoms. The van der Waals surface area contributed by atoms with Crippen LogP contribution in [0.15, 0.2) is 59.2 Å². The fraction of sp³-hybridized carbons (Fsp3) is 0.276. The van der Waals surface area contributed by atoms with Crippen molar-refractivity contribution in [2.75, 3.05) is 21.0 Å². The van der Waals surface area contributed by atoms with Gasteiger partial charge in [-0.05, 0) is 66.8 Å². The molecule has 0 fully saturated rings. The maximum Gasteiger partial charge on any atom is 0.231 e. The van der Waals surface area contributed by atoms with Crippen LogP contribution in [0.3, 0.4) is 0 Å². The Morgan fingerprint density at radius 3 is 2.44 bits per heavy atom. The molecule has 7 heteroatoms. The van der Waals surface area contributed by atoms with E-state index in [9.17, 15) is 0 Å². The summed E-state index contributed by atoms with van der Waals surface area (Å²) in [4.78, 5) is 0. The van der Waals surface area contributed by atoms with Crippen molar-refractivity contribution in [3.8, 4) is 34.3 Å². The molecule has 5 nitrogen and oxygen atoms in total. The molecule has 186 valence electrons. The Morgan fingerprint density at radius 2 is 1.69 bits per heavy atom. The molecular formula is C29H27BrINO4. The Kier molecular flexibility index (Phi) is 7.30. The minimum Gasteiger partial charge on any atom is -1.00 e. The Balaban J connectivity index is 0.00000267. The number of methoxy groups -OCH3 is 2. The molecular weight excluding hydrogens is 633 g/mol. The summed E-state index contributed by atoms with van der Waals surface area (Å²) in [5.74, 6) is 3.21. The van der Waals surface area contributed by atoms with Gasteiger partial charge >= 0.3 is 0 Å². The lowest BCUT2D eigenvalue weighted by Gasteiger charge is -2.21. The summed E-state index contributed by atoms with van der Waals surface area (Å²) in [5.41, 5.74) is 6.48. The van der Waals surface area contributed by atoms with Crippen LogP contribution in [0.2, 0.25) is 0 Å². The third-order valence-electron chi connectivity index (χ3n) is 7.05. The lowest BCUT2D eigenvalue weighted by molar-refractivity contribution is -0.686. The molecule has 3 heterocycles. The zero-order chi connectivity index (χ0) is 23.9. The van der Waals surface area contributed by atoms with Crippen LogP contribution in [-0.2, 0) is 25.8 Å². The number of hydrogen-bond donors (Lipinski definition) is 0. The highest BCUT2D eigenvalue weighted by Gasteiger charge is 2.32. The highest BCUT2D eigenvalue weighted by Crippen LogP contribution is 2.43. The summed E-state index contributed by atoms with van der Waals surface area (Å²) in [5, 5.41) is 2.29. The molecule has 0 atom stereocenters. The monoisotopic (exact) mass is 659 g/mol. The normalized spacial score (nSPS) is 13.1. The highest BCUT2D eigenvalue weighted by molar-refractivity contribution is 9.10. The van der Waals surface area contributed by atoms with Gasteiger partial charge in [0.25, 0.3) is 0 Å². The van der Waals surface area contributed by atoms with Gasteiger partial charge in [-0.3, -0.25) is 0 Å². The molecule has 6 rings (SSSR count). The second-order valence-electron chi connectivity index (χ2n) is 9.00. The molecule has 3 aromatic carbocycles. The first-order valence-electron chi connectivity index (χ1n) is 11.9. The van der Waals surface area contributed by atoms with Crippen LogP contribution in [-0.4, -0.2) is 21.0 Å². The molecule has 0 saturated carbocycles. The number of nitrogens with zero attached hydrogens (tertiary/aromatic N) is 1. The summed E-state index contributed by atoms with van der Waals surface area (Å²) in [7, 11) is 3.40. The Hall–Kier alpha value is -2.52. The molecule has 4 aromatic rings. The number of aromatic nitrogens is 1. The summed E-state index contributed by atoms with van der Waals surface area (Å²) < 4.78 is 26.4. The van der Waals surface area contributed by atoms with Crippen LogP contribution >= 0.6 is 15.9 Å². The van der Waals surface area contributed by atoms with Gasteiger partial charge in [-0.25, -0.2) is 0 Å². The number of pyridine rings is 1. The second-order valence-corrected chi connectivity index (χ2v) is 9.92. The predicted octanol–water partition coefficient (Wildman–Crippen LogP) is 3.04. The summed E-state index contributed by atoms with van der Waals surface area (Å²) in [6.45, 7) is 1.19. The number of rotatable bonds is 6. The van der Waals surface area contributed by atoms with Gasteiger partial charge in [0.2, 0.25) is 12.5 Å². The zero-order valence-corrected chi connectivity index (χ0v) is 24.0. The van der Waals surface area contributed by atoms with Crippen molar-refractivity contribution in [1.82, 2.24) is 0 Å². The van der Waals surface area contributed by atoms with E-state index in [1.807, 2.05) is 6.07 Å². The van der Waals surface area contributed by atoms with Crippen LogP contribution in [0.4, 0.5) is 0 Å². The molecule has 2 aliphatic heterocycles. The number of fused-ring (bicyclic) bond motifs is 5. The van der Waals surface area contributed by atoms with Gasteiger partial charge < -0.3 is 42.9 Å². The molecule has 0 aliphatic carbocycles. The van der Waals surface area contributed by atoms with Gasteiger partial charge in [-0.15, -0.1) is 0 Å². The van der Waals surface area contributed by atoms with E-state index in [4.69, 9.17) is 18.9 Å². The first-order chi connectivity index (χ1) is 17.2. The second kappa shape index (κ2) is 10.5. The van der Waals surface area contributed by atoms with E-state index >= 15 is 0 Å². The standard InChI is InChI=1S/C29H27BrNO4.HI/c1-32-25-11-10-21-22(5-3-4-18-6-8-20(30)9-7-18)28-23-15-27-26(34-17-35-27)14-19(23)12-13-31(28)16-24(21)29(25)33-2;/h6-11,14-16H,3-5,12-13,17H2,1-2H3;1H/q+1;/p-1. The maximum absolute atomic E-state index is 5.83. The SMILES string of the molecule is COc1ccc2c(CCCc3ccc(Br)cc3)c3[n+](cc2c1OC)CCc1cc2c(cc1-3)OCO2.[I-]. The van der Waals surface area contributed by atoms with Gasteiger partial charge in [0.05, 0.1) is 25.2 Å². The van der Waals surface area contributed by atoms with Crippen LogP contribution in [0.5, 0.6) is 23.0 Å². The smallest absolute Gasteiger partial charge is 0.231 e. The van der Waals surface area contributed by atoms with Gasteiger partial charge in [-0.1, -0.05) is 28.1 Å². The van der Waals surface area contributed by atoms with Crippen molar-refractivity contribution in [2.24, 2.45) is 0 Å². The van der Waals surface area contributed by atoms with Crippen LogP contribution in [0, 0.1) is 0 Å². The Bertz CT molecular complexity index is 1440. The molecule has 1 aromatic heterocycles. The third kappa shape index (κ3) is 4.41. The van der Waals surface area contributed by atoms with Gasteiger partial charge in [-0.2, -0.15) is 4.57 Å². The predicted molar refractivity (Wildman–Crippen MR) is 139 cm³/mol. The van der Waals surface area contributed by atoms with Crippen LogP contribution in [0.1, 0.15) is 23.1 Å². The summed E-state index contributed by atoms with van der Waals surface area (Å²) in [6, 6.07) is 17.1. The fourth-order valence-electron chi connectivity index (χ4n) is 5.38. The Morgan fingerprint density at radius 1 is 0.917 bits per heavy atom. The van der Waals surface area contributed by atoms with Crippen LogP contribution < -0.4 is 47.5 Å². The summed E-state index contributed by atoms with van der Waals surface area (Å²) >= 11 is 3.54. The zero-order valence-electron chi connectivity index (χ0n) is 20.3. The largest absolute Gasteiger partial charge is 1.00 e. The van der Waals surface area contributed by atoms with Crippen molar-refractivity contribution in [3.63, 3.8) is 0 Å². The van der Waals surface area contributed by atoms with E-state index in [-0.39, 0.29) is 30.8 Å². The van der Waals surface area contributed by atoms with Gasteiger partial charge in [0.15, 0.2) is 35.7 Å². The van der Waals surface area contributed by atoms with Gasteiger partial charge in [0.1, 0.15) is 0 Å². The number of benzene rings is 3. The highest BCUT2D eigenvalue weighted by atomic mass is 127. The number of ether oxygens (including phenoxy) is 4. The summed E-state index contributed by atoms with van der Waals surface area (Å²) in [6.07, 6.45) is 6.18. The van der Waals surface area contributed by atoms with Crippen molar-refractivity contribution in [3.05, 3.63) is 75.9 Å². The first kappa shape index (κ1) is 25.1. The molecule has 0 amide bonds. The molecule has 0 unspecified atom stereocenters. The van der Waals surface area contributed by atoms with Crippen molar-refractivity contribution >= 4 is 26.7 Å². The Labute approximate surface area is 236 Å². The molecule has 0 radical (unpaired) electrons. The number of halogens is 2. The minimum atomic E-state index is 0. The van der Waals surface area contributed by atoms with E-state index in [1.54, 1.807) is 14.2 Å². The average Bonchev–Trinajstić information content (AvgIpc) is 3.34. The number of aryl methyl sites for hydroxylation is 4. The maximum atomic E-state index is 5.83. The molecule has 2 aliphatic rings. The molecule has 0 spiro atoms. The lowest BCUT2D eigenvalue weighted by atomic mass is 9.89. The van der Waals surface area contributed by atoms with Crippen molar-refractivity contribution in [1.29, 1.82) is 0 Å². The molecule has 0 saturated heterocycles. The van der Waals surface area contributed by atoms with Gasteiger partial charge in [0, 0.05) is 21.8 Å². The van der Waals surface area contributed by atoms with E-state index in [2.05, 4.69) is 69.2 Å². The molecule has 0 N–H and O–H groups in total. The van der Waals surface area contributed by atoms with Crippen LogP contribution in [0.25, 0.3) is 22.0 Å². The van der Waals surface area contributed by atoms with E-state index in [0.29, 0.717) is 0 Å². The van der Waals surface area contributed by atoms with E-state index in [0.717, 1.165) is 65.1 Å².